The zero-order valence-corrected chi connectivity index (χ0v) is 17.2. The minimum atomic E-state index is -0.731. The van der Waals surface area contributed by atoms with Crippen molar-refractivity contribution in [3.05, 3.63) is 12.3 Å². The van der Waals surface area contributed by atoms with Gasteiger partial charge < -0.3 is 19.0 Å². The van der Waals surface area contributed by atoms with Gasteiger partial charge in [-0.3, -0.25) is 5.43 Å². The number of carbonyl (C=O) groups is 1. The summed E-state index contributed by atoms with van der Waals surface area (Å²) in [5.41, 5.74) is 3.32. The molecule has 0 aliphatic heterocycles. The van der Waals surface area contributed by atoms with Gasteiger partial charge in [0, 0.05) is 30.7 Å². The molecular weight excluding hydrogens is 371 g/mol. The van der Waals surface area contributed by atoms with E-state index in [0.717, 1.165) is 32.0 Å². The van der Waals surface area contributed by atoms with Crippen LogP contribution in [0.4, 0.5) is 3.89 Å². The number of hydrogen-bond donors (Lipinski definition) is 1. The average molecular weight is 405 g/mol. The Bertz CT molecular complexity index is 445. The molecule has 0 spiro atoms. The van der Waals surface area contributed by atoms with E-state index >= 15 is 0 Å². The van der Waals surface area contributed by atoms with Gasteiger partial charge in [-0.1, -0.05) is 39.2 Å². The first kappa shape index (κ1) is 24.1. The van der Waals surface area contributed by atoms with Gasteiger partial charge in [-0.25, -0.2) is 0 Å². The molecule has 6 nitrogen and oxygen atoms in total. The maximum Gasteiger partial charge on any atom is 0.195 e. The second-order valence-electron chi connectivity index (χ2n) is 6.59. The fraction of sp³-hybridized carbons (Fsp3) is 0.789. The van der Waals surface area contributed by atoms with Crippen LogP contribution in [-0.2, 0) is 19.0 Å². The molecule has 8 heteroatoms. The summed E-state index contributed by atoms with van der Waals surface area (Å²) >= 11 is 0.258. The van der Waals surface area contributed by atoms with Gasteiger partial charge in [0.1, 0.15) is 6.10 Å². The molecule has 0 unspecified atom stereocenters. The fourth-order valence-electron chi connectivity index (χ4n) is 2.94. The smallest absolute Gasteiger partial charge is 0.195 e. The van der Waals surface area contributed by atoms with Crippen molar-refractivity contribution in [3.63, 3.8) is 0 Å². The van der Waals surface area contributed by atoms with Crippen LogP contribution in [0, 0.1) is 0 Å². The quantitative estimate of drug-likeness (QED) is 0.154. The molecule has 1 fully saturated rings. The van der Waals surface area contributed by atoms with Gasteiger partial charge in [-0.15, -0.1) is 0 Å². The van der Waals surface area contributed by atoms with Crippen molar-refractivity contribution in [3.8, 4) is 0 Å². The molecule has 1 aliphatic rings. The molecule has 1 N–H and O–H groups in total. The average Bonchev–Trinajstić information content (AvgIpc) is 2.96. The number of methoxy groups -OCH3 is 1. The minimum absolute atomic E-state index is 0.105. The van der Waals surface area contributed by atoms with Gasteiger partial charge in [0.05, 0.1) is 18.4 Å². The highest BCUT2D eigenvalue weighted by atomic mass is 32.2. The summed E-state index contributed by atoms with van der Waals surface area (Å²) in [4.78, 5) is 11.6. The highest BCUT2D eigenvalue weighted by Gasteiger charge is 2.27. The number of allylic oxidation sites excluding steroid dienone is 1. The predicted octanol–water partition coefficient (Wildman–Crippen LogP) is 4.16. The van der Waals surface area contributed by atoms with E-state index < -0.39 is 18.5 Å². The SMILES string of the molecule is C=C(CCSF)N/N=C\[C@@H](OC)O[C@@H](CC)[C@@H](C=O)OC1CCCCCC1. The summed E-state index contributed by atoms with van der Waals surface area (Å²) in [6.07, 6.45) is 8.36. The van der Waals surface area contributed by atoms with E-state index in [9.17, 15) is 8.68 Å². The molecule has 1 rings (SSSR count). The van der Waals surface area contributed by atoms with E-state index in [1.54, 1.807) is 0 Å². The van der Waals surface area contributed by atoms with Crippen molar-refractivity contribution in [2.45, 2.75) is 82.9 Å². The van der Waals surface area contributed by atoms with Crippen molar-refractivity contribution >= 4 is 24.6 Å². The summed E-state index contributed by atoms with van der Waals surface area (Å²) in [6.45, 7) is 5.69. The van der Waals surface area contributed by atoms with Crippen LogP contribution in [0.25, 0.3) is 0 Å². The van der Waals surface area contributed by atoms with Crippen molar-refractivity contribution in [2.75, 3.05) is 12.9 Å². The van der Waals surface area contributed by atoms with Crippen LogP contribution >= 0.6 is 12.1 Å². The van der Waals surface area contributed by atoms with Crippen LogP contribution in [0.2, 0.25) is 0 Å². The second-order valence-corrected chi connectivity index (χ2v) is 7.22. The van der Waals surface area contributed by atoms with Crippen molar-refractivity contribution < 1.29 is 22.9 Å². The standard InChI is InChI=1S/C19H33FN2O4S/c1-4-17(18(14-23)25-16-9-7-5-6-8-10-16)26-19(24-3)13-21-22-15(2)11-12-27-20/h13-14,16-19,22H,2,4-12H2,1,3H3/b21-13-/t17-,18+,19-/m0/s1. The second kappa shape index (κ2) is 15.0. The number of ether oxygens (including phenoxy) is 3. The lowest BCUT2D eigenvalue weighted by Gasteiger charge is -2.28. The third-order valence-electron chi connectivity index (χ3n) is 4.50. The Morgan fingerprint density at radius 1 is 1.37 bits per heavy atom. The Morgan fingerprint density at radius 2 is 2.07 bits per heavy atom. The van der Waals surface area contributed by atoms with Gasteiger partial charge in [0.25, 0.3) is 0 Å². The molecule has 0 heterocycles. The lowest BCUT2D eigenvalue weighted by Crippen LogP contribution is -2.39. The van der Waals surface area contributed by atoms with Crippen molar-refractivity contribution in [2.24, 2.45) is 5.10 Å². The summed E-state index contributed by atoms with van der Waals surface area (Å²) in [6, 6.07) is 0. The first-order valence-electron chi connectivity index (χ1n) is 9.64. The first-order valence-corrected chi connectivity index (χ1v) is 10.5. The molecule has 3 atom stereocenters. The van der Waals surface area contributed by atoms with E-state index in [0.29, 0.717) is 24.3 Å². The first-order chi connectivity index (χ1) is 13.1. The molecule has 27 heavy (non-hydrogen) atoms. The Hall–Kier alpha value is -0.960. The number of rotatable bonds is 14. The topological polar surface area (TPSA) is 69.2 Å². The number of nitrogens with zero attached hydrogens (tertiary/aromatic N) is 1. The number of hydrazone groups is 1. The van der Waals surface area contributed by atoms with E-state index in [1.807, 2.05) is 6.92 Å². The predicted molar refractivity (Wildman–Crippen MR) is 107 cm³/mol. The van der Waals surface area contributed by atoms with Crippen LogP contribution in [-0.4, -0.2) is 50.0 Å². The normalized spacial score (nSPS) is 19.4. The molecule has 0 amide bonds. The number of nitrogens with one attached hydrogen (secondary N) is 1. The van der Waals surface area contributed by atoms with Gasteiger partial charge in [-0.2, -0.15) is 8.99 Å². The lowest BCUT2D eigenvalue weighted by atomic mass is 10.1. The molecule has 156 valence electrons. The van der Waals surface area contributed by atoms with E-state index in [4.69, 9.17) is 14.2 Å². The molecule has 0 aromatic heterocycles. The highest BCUT2D eigenvalue weighted by Crippen LogP contribution is 2.22. The molecule has 0 aromatic carbocycles. The van der Waals surface area contributed by atoms with E-state index in [2.05, 4.69) is 17.1 Å². The third kappa shape index (κ3) is 10.2. The maximum absolute atomic E-state index is 12.1. The maximum atomic E-state index is 12.1. The zero-order chi connectivity index (χ0) is 19.9. The van der Waals surface area contributed by atoms with Crippen molar-refractivity contribution in [1.82, 2.24) is 5.43 Å². The molecule has 1 saturated carbocycles. The summed E-state index contributed by atoms with van der Waals surface area (Å²) < 4.78 is 29.3. The lowest BCUT2D eigenvalue weighted by molar-refractivity contribution is -0.169. The number of aldehydes is 1. The summed E-state index contributed by atoms with van der Waals surface area (Å²) in [5.74, 6) is 0.322. The van der Waals surface area contributed by atoms with Crippen LogP contribution in [0.5, 0.6) is 0 Å². The van der Waals surface area contributed by atoms with Gasteiger partial charge in [0.15, 0.2) is 12.6 Å². The van der Waals surface area contributed by atoms with Crippen LogP contribution in [0.1, 0.15) is 58.3 Å². The van der Waals surface area contributed by atoms with Crippen LogP contribution in [0.3, 0.4) is 0 Å². The van der Waals surface area contributed by atoms with Crippen molar-refractivity contribution in [1.29, 1.82) is 0 Å². The number of carbonyl (C=O) groups excluding carboxylic acids is 1. The monoisotopic (exact) mass is 404 g/mol. The summed E-state index contributed by atoms with van der Waals surface area (Å²) in [7, 11) is 1.50. The number of halogens is 1. The molecule has 0 aromatic rings. The molecule has 1 aliphatic carbocycles. The largest absolute Gasteiger partial charge is 0.365 e. The molecule has 0 radical (unpaired) electrons. The van der Waals surface area contributed by atoms with E-state index in [-0.39, 0.29) is 18.3 Å². The Balaban J connectivity index is 2.54. The van der Waals surface area contributed by atoms with Gasteiger partial charge in [0.2, 0.25) is 0 Å². The third-order valence-corrected chi connectivity index (χ3v) is 4.85. The molecular formula is C19H33FN2O4S. The zero-order valence-electron chi connectivity index (χ0n) is 16.4. The number of hydrogen-bond acceptors (Lipinski definition) is 7. The Morgan fingerprint density at radius 3 is 2.63 bits per heavy atom. The Kier molecular flexibility index (Phi) is 13.4. The fourth-order valence-corrected chi connectivity index (χ4v) is 3.27. The van der Waals surface area contributed by atoms with Gasteiger partial charge >= 0.3 is 0 Å². The highest BCUT2D eigenvalue weighted by molar-refractivity contribution is 7.94. The summed E-state index contributed by atoms with van der Waals surface area (Å²) in [5, 5.41) is 4.01. The minimum Gasteiger partial charge on any atom is -0.365 e. The molecule has 0 saturated heterocycles. The van der Waals surface area contributed by atoms with Gasteiger partial charge in [-0.05, 0) is 25.7 Å². The molecule has 0 bridgehead atoms. The van der Waals surface area contributed by atoms with E-state index in [1.165, 1.54) is 26.2 Å². The van der Waals surface area contributed by atoms with Crippen LogP contribution in [0.15, 0.2) is 17.4 Å². The Labute approximate surface area is 166 Å². The van der Waals surface area contributed by atoms with Crippen LogP contribution < -0.4 is 5.43 Å².